The molecule has 1 aromatic heterocycles. The summed E-state index contributed by atoms with van der Waals surface area (Å²) >= 11 is 0. The van der Waals surface area contributed by atoms with Gasteiger partial charge in [-0.2, -0.15) is 0 Å². The summed E-state index contributed by atoms with van der Waals surface area (Å²) in [7, 11) is 1.98. The van der Waals surface area contributed by atoms with Crippen molar-refractivity contribution in [1.29, 1.82) is 0 Å². The summed E-state index contributed by atoms with van der Waals surface area (Å²) in [6.45, 7) is 6.85. The van der Waals surface area contributed by atoms with Gasteiger partial charge in [0, 0.05) is 12.8 Å². The zero-order chi connectivity index (χ0) is 14.5. The summed E-state index contributed by atoms with van der Waals surface area (Å²) in [5.41, 5.74) is 1.14. The van der Waals surface area contributed by atoms with Crippen LogP contribution in [0.15, 0.2) is 18.5 Å². The highest BCUT2D eigenvalue weighted by molar-refractivity contribution is 5.27. The third kappa shape index (κ3) is 3.93. The molecule has 1 aromatic rings. The molecule has 0 spiro atoms. The number of ether oxygens (including phenoxy) is 2. The quantitative estimate of drug-likeness (QED) is 0.794. The van der Waals surface area contributed by atoms with Crippen LogP contribution in [0.5, 0.6) is 5.75 Å². The number of rotatable bonds is 8. The number of hydrogen-bond acceptors (Lipinski definition) is 4. The van der Waals surface area contributed by atoms with Gasteiger partial charge in [-0.25, -0.2) is 0 Å². The fraction of sp³-hybridized carbons (Fsp3) is 0.688. The van der Waals surface area contributed by atoms with E-state index in [2.05, 4.69) is 23.3 Å². The summed E-state index contributed by atoms with van der Waals surface area (Å²) < 4.78 is 11.7. The van der Waals surface area contributed by atoms with Crippen molar-refractivity contribution >= 4 is 0 Å². The molecule has 0 saturated heterocycles. The van der Waals surface area contributed by atoms with Crippen LogP contribution in [0.3, 0.4) is 0 Å². The van der Waals surface area contributed by atoms with Crippen LogP contribution >= 0.6 is 0 Å². The number of nitrogens with zero attached hydrogens (tertiary/aromatic N) is 1. The normalized spacial score (nSPS) is 18.1. The highest BCUT2D eigenvalue weighted by Crippen LogP contribution is 2.40. The number of nitrogens with one attached hydrogen (secondary N) is 1. The van der Waals surface area contributed by atoms with E-state index in [0.717, 1.165) is 17.9 Å². The third-order valence-corrected chi connectivity index (χ3v) is 3.55. The van der Waals surface area contributed by atoms with Gasteiger partial charge in [0.25, 0.3) is 0 Å². The molecule has 1 aliphatic rings. The van der Waals surface area contributed by atoms with Crippen LogP contribution in [0.25, 0.3) is 0 Å². The summed E-state index contributed by atoms with van der Waals surface area (Å²) in [5.74, 6) is 1.49. The first-order valence-electron chi connectivity index (χ1n) is 7.56. The molecule has 0 aliphatic heterocycles. The molecular weight excluding hydrogens is 252 g/mol. The summed E-state index contributed by atoms with van der Waals surface area (Å²) in [6.07, 6.45) is 6.58. The fourth-order valence-electron chi connectivity index (χ4n) is 2.58. The van der Waals surface area contributed by atoms with Gasteiger partial charge in [-0.1, -0.05) is 0 Å². The Bertz CT molecular complexity index is 419. The fourth-order valence-corrected chi connectivity index (χ4v) is 2.58. The van der Waals surface area contributed by atoms with Crippen LogP contribution in [0.4, 0.5) is 0 Å². The van der Waals surface area contributed by atoms with E-state index in [9.17, 15) is 0 Å². The van der Waals surface area contributed by atoms with Crippen LogP contribution in [0.1, 0.15) is 45.2 Å². The van der Waals surface area contributed by atoms with E-state index in [1.165, 1.54) is 12.8 Å². The van der Waals surface area contributed by atoms with Crippen molar-refractivity contribution in [3.05, 3.63) is 24.0 Å². The predicted molar refractivity (Wildman–Crippen MR) is 79.9 cm³/mol. The highest BCUT2D eigenvalue weighted by atomic mass is 16.5. The molecule has 4 heteroatoms. The SMILES string of the molecule is CCOC(C1CC1)C(NC)c1cncc(OC(C)C)c1. The third-order valence-electron chi connectivity index (χ3n) is 3.55. The summed E-state index contributed by atoms with van der Waals surface area (Å²) in [6, 6.07) is 2.24. The van der Waals surface area contributed by atoms with Crippen molar-refractivity contribution in [2.45, 2.75) is 51.9 Å². The van der Waals surface area contributed by atoms with Crippen LogP contribution in [0, 0.1) is 5.92 Å². The molecule has 1 heterocycles. The first-order chi connectivity index (χ1) is 9.65. The Morgan fingerprint density at radius 2 is 2.10 bits per heavy atom. The van der Waals surface area contributed by atoms with Gasteiger partial charge in [0.15, 0.2) is 0 Å². The van der Waals surface area contributed by atoms with Crippen molar-refractivity contribution in [3.63, 3.8) is 0 Å². The monoisotopic (exact) mass is 278 g/mol. The van der Waals surface area contributed by atoms with Gasteiger partial charge in [-0.15, -0.1) is 0 Å². The van der Waals surface area contributed by atoms with E-state index in [1.54, 1.807) is 6.20 Å². The van der Waals surface area contributed by atoms with Crippen molar-refractivity contribution in [3.8, 4) is 5.75 Å². The van der Waals surface area contributed by atoms with Crippen LogP contribution in [-0.4, -0.2) is 30.8 Å². The van der Waals surface area contributed by atoms with E-state index in [0.29, 0.717) is 5.92 Å². The second kappa shape index (κ2) is 7.04. The van der Waals surface area contributed by atoms with Gasteiger partial charge in [0.1, 0.15) is 5.75 Å². The topological polar surface area (TPSA) is 43.4 Å². The van der Waals surface area contributed by atoms with E-state index in [-0.39, 0.29) is 18.2 Å². The maximum Gasteiger partial charge on any atom is 0.138 e. The Morgan fingerprint density at radius 3 is 2.65 bits per heavy atom. The van der Waals surface area contributed by atoms with E-state index < -0.39 is 0 Å². The Morgan fingerprint density at radius 1 is 1.35 bits per heavy atom. The minimum Gasteiger partial charge on any atom is -0.489 e. The zero-order valence-corrected chi connectivity index (χ0v) is 12.9. The molecule has 0 radical (unpaired) electrons. The van der Waals surface area contributed by atoms with Crippen molar-refractivity contribution in [1.82, 2.24) is 10.3 Å². The number of pyridine rings is 1. The number of hydrogen-bond donors (Lipinski definition) is 1. The molecule has 0 bridgehead atoms. The molecule has 4 nitrogen and oxygen atoms in total. The maximum atomic E-state index is 5.96. The molecule has 0 aromatic carbocycles. The minimum atomic E-state index is 0.159. The van der Waals surface area contributed by atoms with Gasteiger partial charge in [-0.3, -0.25) is 4.98 Å². The van der Waals surface area contributed by atoms with Crippen LogP contribution < -0.4 is 10.1 Å². The minimum absolute atomic E-state index is 0.159. The molecule has 1 N–H and O–H groups in total. The number of aromatic nitrogens is 1. The van der Waals surface area contributed by atoms with Gasteiger partial charge < -0.3 is 14.8 Å². The smallest absolute Gasteiger partial charge is 0.138 e. The Balaban J connectivity index is 2.16. The Labute approximate surface area is 121 Å². The lowest BCUT2D eigenvalue weighted by Crippen LogP contribution is -2.33. The first-order valence-corrected chi connectivity index (χ1v) is 7.56. The summed E-state index contributed by atoms with van der Waals surface area (Å²) in [4.78, 5) is 4.31. The lowest BCUT2D eigenvalue weighted by molar-refractivity contribution is 0.0203. The molecule has 2 rings (SSSR count). The average Bonchev–Trinajstić information content (AvgIpc) is 3.22. The van der Waals surface area contributed by atoms with E-state index >= 15 is 0 Å². The molecule has 112 valence electrons. The predicted octanol–water partition coefficient (Wildman–Crippen LogP) is 2.94. The second-order valence-corrected chi connectivity index (χ2v) is 5.64. The van der Waals surface area contributed by atoms with Gasteiger partial charge in [-0.05, 0) is 58.2 Å². The van der Waals surface area contributed by atoms with Crippen LogP contribution in [-0.2, 0) is 4.74 Å². The van der Waals surface area contributed by atoms with Gasteiger partial charge in [0.05, 0.1) is 24.4 Å². The first kappa shape index (κ1) is 15.3. The molecule has 20 heavy (non-hydrogen) atoms. The Kier molecular flexibility index (Phi) is 5.38. The number of likely N-dealkylation sites (N-methyl/N-ethyl adjacent to an activating group) is 1. The molecule has 1 saturated carbocycles. The molecule has 2 unspecified atom stereocenters. The van der Waals surface area contributed by atoms with E-state index in [1.807, 2.05) is 27.1 Å². The standard InChI is InChI=1S/C16H26N2O2/c1-5-19-16(12-6-7-12)15(17-4)13-8-14(10-18-9-13)20-11(2)3/h8-12,15-17H,5-7H2,1-4H3. The molecule has 1 aliphatic carbocycles. The van der Waals surface area contributed by atoms with Crippen molar-refractivity contribution in [2.24, 2.45) is 5.92 Å². The van der Waals surface area contributed by atoms with Crippen LogP contribution in [0.2, 0.25) is 0 Å². The van der Waals surface area contributed by atoms with E-state index in [4.69, 9.17) is 9.47 Å². The summed E-state index contributed by atoms with van der Waals surface area (Å²) in [5, 5.41) is 3.38. The lowest BCUT2D eigenvalue weighted by atomic mass is 9.99. The maximum absolute atomic E-state index is 5.96. The van der Waals surface area contributed by atoms with Crippen molar-refractivity contribution in [2.75, 3.05) is 13.7 Å². The largest absolute Gasteiger partial charge is 0.489 e. The highest BCUT2D eigenvalue weighted by Gasteiger charge is 2.37. The molecule has 0 amide bonds. The average molecular weight is 278 g/mol. The zero-order valence-electron chi connectivity index (χ0n) is 12.9. The molecule has 1 fully saturated rings. The second-order valence-electron chi connectivity index (χ2n) is 5.64. The molecule has 2 atom stereocenters. The van der Waals surface area contributed by atoms with Gasteiger partial charge >= 0.3 is 0 Å². The van der Waals surface area contributed by atoms with Crippen molar-refractivity contribution < 1.29 is 9.47 Å². The van der Waals surface area contributed by atoms with Gasteiger partial charge in [0.2, 0.25) is 0 Å². The Hall–Kier alpha value is -1.13. The molecular formula is C16H26N2O2. The lowest BCUT2D eigenvalue weighted by Gasteiger charge is -2.27.